The van der Waals surface area contributed by atoms with Gasteiger partial charge in [-0.05, 0) is 73.2 Å². The van der Waals surface area contributed by atoms with Crippen molar-refractivity contribution in [1.29, 1.82) is 0 Å². The third-order valence-electron chi connectivity index (χ3n) is 10.2. The summed E-state index contributed by atoms with van der Waals surface area (Å²) < 4.78 is 21.4. The molecule has 0 unspecified atom stereocenters. The second-order valence-electron chi connectivity index (χ2n) is 13.6. The van der Waals surface area contributed by atoms with E-state index in [0.29, 0.717) is 71.7 Å². The predicted octanol–water partition coefficient (Wildman–Crippen LogP) is 6.08. The number of halogens is 1. The van der Waals surface area contributed by atoms with Crippen molar-refractivity contribution in [2.75, 3.05) is 18.4 Å². The SMILES string of the molecule is O=C(Nc1ccc(-c2ncc(-c3ccc4[nH]c([C@@H]5CCCN5C(=O)[C@H](O)c5ccccc5)nc4c3)o2)cc1F)[C@@H]1CCCN1C(=O)[C@H](O)c1ccccc1. The maximum atomic E-state index is 15.4. The largest absolute Gasteiger partial charge is 0.436 e. The lowest BCUT2D eigenvalue weighted by Gasteiger charge is -2.26. The Balaban J connectivity index is 0.942. The summed E-state index contributed by atoms with van der Waals surface area (Å²) in [5, 5.41) is 24.0. The van der Waals surface area contributed by atoms with Gasteiger partial charge in [0.05, 0.1) is 29.0 Å². The average Bonchev–Trinajstić information content (AvgIpc) is 4.04. The first-order valence-corrected chi connectivity index (χ1v) is 17.9. The normalized spacial score (nSPS) is 18.2. The molecule has 4 atom stereocenters. The predicted molar refractivity (Wildman–Crippen MR) is 197 cm³/mol. The van der Waals surface area contributed by atoms with Gasteiger partial charge < -0.3 is 34.7 Å². The van der Waals surface area contributed by atoms with Crippen LogP contribution >= 0.6 is 0 Å². The van der Waals surface area contributed by atoms with Gasteiger partial charge in [-0.2, -0.15) is 0 Å². The molecule has 12 nitrogen and oxygen atoms in total. The lowest BCUT2D eigenvalue weighted by molar-refractivity contribution is -0.144. The van der Waals surface area contributed by atoms with Gasteiger partial charge in [0.15, 0.2) is 18.0 Å². The van der Waals surface area contributed by atoms with Crippen LogP contribution in [0.4, 0.5) is 10.1 Å². The van der Waals surface area contributed by atoms with Crippen molar-refractivity contribution in [1.82, 2.24) is 24.8 Å². The molecular formula is C41H37FN6O6. The molecular weight excluding hydrogens is 691 g/mol. The number of rotatable bonds is 9. The number of aliphatic hydroxyl groups excluding tert-OH is 2. The Kier molecular flexibility index (Phi) is 9.48. The molecule has 0 spiro atoms. The third kappa shape index (κ3) is 6.74. The van der Waals surface area contributed by atoms with E-state index in [4.69, 9.17) is 9.40 Å². The molecule has 0 aliphatic carbocycles. The fourth-order valence-corrected chi connectivity index (χ4v) is 7.33. The van der Waals surface area contributed by atoms with Crippen LogP contribution in [0.25, 0.3) is 33.8 Å². The zero-order chi connectivity index (χ0) is 37.3. The number of nitrogens with one attached hydrogen (secondary N) is 2. The first-order valence-electron chi connectivity index (χ1n) is 17.9. The number of amides is 3. The number of H-pyrrole nitrogens is 1. The Morgan fingerprint density at radius 2 is 1.46 bits per heavy atom. The number of aromatic amines is 1. The number of nitrogens with zero attached hydrogens (tertiary/aromatic N) is 4. The smallest absolute Gasteiger partial charge is 0.256 e. The Hall–Kier alpha value is -6.18. The molecule has 13 heteroatoms. The van der Waals surface area contributed by atoms with Crippen LogP contribution in [0.5, 0.6) is 0 Å². The van der Waals surface area contributed by atoms with Crippen LogP contribution in [0.1, 0.15) is 60.9 Å². The number of carbonyl (C=O) groups excluding carboxylic acids is 3. The summed E-state index contributed by atoms with van der Waals surface area (Å²) in [5.41, 5.74) is 3.39. The number of likely N-dealkylation sites (tertiary alicyclic amines) is 2. The number of carbonyl (C=O) groups is 3. The molecule has 0 saturated carbocycles. The number of anilines is 1. The Morgan fingerprint density at radius 1 is 0.815 bits per heavy atom. The summed E-state index contributed by atoms with van der Waals surface area (Å²) in [5.74, 6) is -0.953. The van der Waals surface area contributed by atoms with Crippen LogP contribution in [0.3, 0.4) is 0 Å². The van der Waals surface area contributed by atoms with Crippen molar-refractivity contribution in [2.45, 2.75) is 50.0 Å². The van der Waals surface area contributed by atoms with Gasteiger partial charge in [0.1, 0.15) is 17.7 Å². The van der Waals surface area contributed by atoms with Crippen LogP contribution < -0.4 is 5.32 Å². The summed E-state index contributed by atoms with van der Waals surface area (Å²) in [6.07, 6.45) is 1.34. The first kappa shape index (κ1) is 34.9. The number of benzene rings is 4. The summed E-state index contributed by atoms with van der Waals surface area (Å²) in [7, 11) is 0. The van der Waals surface area contributed by atoms with Crippen molar-refractivity contribution in [3.05, 3.63) is 126 Å². The van der Waals surface area contributed by atoms with E-state index in [1.54, 1.807) is 65.6 Å². The number of fused-ring (bicyclic) bond motifs is 1. The monoisotopic (exact) mass is 728 g/mol. The molecule has 4 N–H and O–H groups in total. The van der Waals surface area contributed by atoms with E-state index < -0.39 is 35.9 Å². The van der Waals surface area contributed by atoms with E-state index >= 15 is 4.39 Å². The molecule has 4 aromatic carbocycles. The molecule has 2 fully saturated rings. The number of hydrogen-bond acceptors (Lipinski definition) is 8. The van der Waals surface area contributed by atoms with E-state index in [1.165, 1.54) is 23.2 Å². The summed E-state index contributed by atoms with van der Waals surface area (Å²) in [6.45, 7) is 0.827. The second kappa shape index (κ2) is 14.7. The van der Waals surface area contributed by atoms with E-state index in [2.05, 4.69) is 15.3 Å². The maximum Gasteiger partial charge on any atom is 0.256 e. The van der Waals surface area contributed by atoms with Crippen molar-refractivity contribution in [3.8, 4) is 22.8 Å². The van der Waals surface area contributed by atoms with Gasteiger partial charge in [-0.3, -0.25) is 14.4 Å². The fourth-order valence-electron chi connectivity index (χ4n) is 7.33. The van der Waals surface area contributed by atoms with E-state index in [0.717, 1.165) is 11.9 Å². The summed E-state index contributed by atoms with van der Waals surface area (Å²) >= 11 is 0. The quantitative estimate of drug-likeness (QED) is 0.139. The minimum Gasteiger partial charge on any atom is -0.436 e. The van der Waals surface area contributed by atoms with Crippen LogP contribution in [-0.4, -0.2) is 71.8 Å². The molecule has 2 saturated heterocycles. The zero-order valence-corrected chi connectivity index (χ0v) is 29.1. The molecule has 274 valence electrons. The topological polar surface area (TPSA) is 165 Å². The van der Waals surface area contributed by atoms with E-state index in [1.807, 2.05) is 24.3 Å². The highest BCUT2D eigenvalue weighted by Crippen LogP contribution is 2.35. The van der Waals surface area contributed by atoms with Crippen LogP contribution in [0, 0.1) is 5.82 Å². The van der Waals surface area contributed by atoms with Gasteiger partial charge in [0.25, 0.3) is 11.8 Å². The first-order chi connectivity index (χ1) is 26.2. The van der Waals surface area contributed by atoms with Gasteiger partial charge in [-0.25, -0.2) is 14.4 Å². The fraction of sp³-hybridized carbons (Fsp3) is 0.244. The molecule has 0 radical (unpaired) electrons. The van der Waals surface area contributed by atoms with Crippen LogP contribution in [0.15, 0.2) is 108 Å². The second-order valence-corrected chi connectivity index (χ2v) is 13.6. The molecule has 6 aromatic rings. The minimum absolute atomic E-state index is 0.0599. The molecule has 0 bridgehead atoms. The highest BCUT2D eigenvalue weighted by molar-refractivity contribution is 5.98. The molecule has 3 amide bonds. The Bertz CT molecular complexity index is 2330. The molecule has 8 rings (SSSR count). The van der Waals surface area contributed by atoms with Crippen molar-refractivity contribution >= 4 is 34.4 Å². The van der Waals surface area contributed by atoms with E-state index in [-0.39, 0.29) is 23.5 Å². The van der Waals surface area contributed by atoms with Crippen LogP contribution in [-0.2, 0) is 14.4 Å². The molecule has 4 heterocycles. The van der Waals surface area contributed by atoms with Crippen LogP contribution in [0.2, 0.25) is 0 Å². The standard InChI is InChI=1S/C41H37FN6O6/c42-28-21-27(16-17-29(28)46-38(51)33-14-8-20-48(33)41(53)36(50)25-11-5-2-6-12-25)39-43-23-34(54-39)26-15-18-30-31(22-26)45-37(44-30)32-13-7-19-47(32)40(52)35(49)24-9-3-1-4-10-24/h1-6,9-12,15-18,21-23,32-33,35-36,49-50H,7-8,13-14,19-20H2,(H,44,45)(H,46,51)/t32-,33-,35+,36+/m0/s1. The Labute approximate surface area is 309 Å². The minimum atomic E-state index is -1.40. The number of oxazole rings is 1. The highest BCUT2D eigenvalue weighted by Gasteiger charge is 2.38. The molecule has 54 heavy (non-hydrogen) atoms. The summed E-state index contributed by atoms with van der Waals surface area (Å²) in [4.78, 5) is 55.1. The van der Waals surface area contributed by atoms with Gasteiger partial charge in [0.2, 0.25) is 11.8 Å². The number of hydrogen-bond donors (Lipinski definition) is 4. The van der Waals surface area contributed by atoms with Gasteiger partial charge >= 0.3 is 0 Å². The molecule has 2 aliphatic rings. The number of imidazole rings is 1. The number of aromatic nitrogens is 3. The van der Waals surface area contributed by atoms with Gasteiger partial charge in [-0.15, -0.1) is 0 Å². The lowest BCUT2D eigenvalue weighted by Crippen LogP contribution is -2.45. The van der Waals surface area contributed by atoms with Crippen molar-refractivity contribution in [2.24, 2.45) is 0 Å². The third-order valence-corrected chi connectivity index (χ3v) is 10.2. The van der Waals surface area contributed by atoms with Crippen molar-refractivity contribution in [3.63, 3.8) is 0 Å². The van der Waals surface area contributed by atoms with E-state index in [9.17, 15) is 24.6 Å². The van der Waals surface area contributed by atoms with Gasteiger partial charge in [0, 0.05) is 24.2 Å². The molecule has 2 aliphatic heterocycles. The number of aliphatic hydroxyl groups is 2. The average molecular weight is 729 g/mol. The molecule has 2 aromatic heterocycles. The highest BCUT2D eigenvalue weighted by atomic mass is 19.1. The maximum absolute atomic E-state index is 15.4. The Morgan fingerprint density at radius 3 is 2.17 bits per heavy atom. The van der Waals surface area contributed by atoms with Gasteiger partial charge in [-0.1, -0.05) is 60.7 Å². The summed E-state index contributed by atoms with van der Waals surface area (Å²) in [6, 6.07) is 26.0. The lowest BCUT2D eigenvalue weighted by atomic mass is 10.1. The zero-order valence-electron chi connectivity index (χ0n) is 29.1. The van der Waals surface area contributed by atoms with Crippen molar-refractivity contribution < 1.29 is 33.4 Å².